The fourth-order valence-electron chi connectivity index (χ4n) is 2.26. The molecule has 0 aliphatic carbocycles. The van der Waals surface area contributed by atoms with Crippen molar-refractivity contribution < 1.29 is 19.8 Å². The number of phenols is 1. The number of benzene rings is 2. The highest BCUT2D eigenvalue weighted by atomic mass is 32.2. The summed E-state index contributed by atoms with van der Waals surface area (Å²) in [5.74, 6) is -1.85. The monoisotopic (exact) mass is 354 g/mol. The summed E-state index contributed by atoms with van der Waals surface area (Å²) in [4.78, 5) is 27.7. The Bertz CT molecular complexity index is 934. The lowest BCUT2D eigenvalue weighted by Crippen LogP contribution is -2.19. The maximum absolute atomic E-state index is 12.1. The van der Waals surface area contributed by atoms with E-state index in [4.69, 9.17) is 5.11 Å². The first kappa shape index (κ1) is 16.8. The molecule has 0 aromatic heterocycles. The number of aromatic carboxylic acids is 1. The van der Waals surface area contributed by atoms with Crippen molar-refractivity contribution in [1.29, 1.82) is 0 Å². The van der Waals surface area contributed by atoms with E-state index in [9.17, 15) is 14.7 Å². The third-order valence-corrected chi connectivity index (χ3v) is 4.48. The lowest BCUT2D eigenvalue weighted by Gasteiger charge is -2.01. The van der Waals surface area contributed by atoms with Gasteiger partial charge in [-0.2, -0.15) is 0 Å². The first-order valence-electron chi connectivity index (χ1n) is 7.35. The van der Waals surface area contributed by atoms with E-state index in [2.05, 4.69) is 10.3 Å². The van der Waals surface area contributed by atoms with E-state index in [0.29, 0.717) is 15.8 Å². The van der Waals surface area contributed by atoms with Crippen molar-refractivity contribution >= 4 is 40.6 Å². The zero-order valence-electron chi connectivity index (χ0n) is 13.2. The molecule has 1 heterocycles. The van der Waals surface area contributed by atoms with Gasteiger partial charge in [0.25, 0.3) is 5.91 Å². The minimum Gasteiger partial charge on any atom is -0.507 e. The van der Waals surface area contributed by atoms with E-state index in [1.54, 1.807) is 6.08 Å². The Morgan fingerprint density at radius 2 is 2.00 bits per heavy atom. The molecule has 2 aromatic carbocycles. The van der Waals surface area contributed by atoms with Gasteiger partial charge in [-0.1, -0.05) is 24.3 Å². The molecule has 1 amide bonds. The highest BCUT2D eigenvalue weighted by molar-refractivity contribution is 8.18. The number of hydrogen-bond donors (Lipinski definition) is 3. The topological polar surface area (TPSA) is 99.0 Å². The van der Waals surface area contributed by atoms with Crippen LogP contribution in [0.1, 0.15) is 21.5 Å². The second-order valence-electron chi connectivity index (χ2n) is 5.34. The van der Waals surface area contributed by atoms with E-state index < -0.39 is 5.97 Å². The first-order chi connectivity index (χ1) is 11.9. The molecule has 1 aliphatic rings. The molecule has 1 aliphatic heterocycles. The highest BCUT2D eigenvalue weighted by Crippen LogP contribution is 2.30. The number of amidine groups is 1. The molecule has 3 rings (SSSR count). The number of nitrogens with one attached hydrogen (secondary N) is 1. The van der Waals surface area contributed by atoms with E-state index in [1.165, 1.54) is 30.0 Å². The molecule has 0 bridgehead atoms. The van der Waals surface area contributed by atoms with Crippen LogP contribution in [0.25, 0.3) is 6.08 Å². The number of carbonyl (C=O) groups is 2. The van der Waals surface area contributed by atoms with Crippen molar-refractivity contribution in [2.75, 3.05) is 0 Å². The predicted molar refractivity (Wildman–Crippen MR) is 97.1 cm³/mol. The van der Waals surface area contributed by atoms with Gasteiger partial charge in [0.1, 0.15) is 11.3 Å². The lowest BCUT2D eigenvalue weighted by molar-refractivity contribution is -0.115. The van der Waals surface area contributed by atoms with Crippen molar-refractivity contribution in [3.63, 3.8) is 0 Å². The van der Waals surface area contributed by atoms with Crippen LogP contribution >= 0.6 is 11.8 Å². The number of aromatic hydroxyl groups is 1. The Balaban J connectivity index is 1.85. The molecule has 0 radical (unpaired) electrons. The van der Waals surface area contributed by atoms with Crippen LogP contribution in [0.15, 0.2) is 52.4 Å². The van der Waals surface area contributed by atoms with Crippen LogP contribution in [0.4, 0.5) is 5.69 Å². The van der Waals surface area contributed by atoms with Gasteiger partial charge in [0.2, 0.25) is 0 Å². The summed E-state index contributed by atoms with van der Waals surface area (Å²) in [7, 11) is 0. The number of thioether (sulfide) groups is 1. The second kappa shape index (κ2) is 6.82. The van der Waals surface area contributed by atoms with Gasteiger partial charge in [0.05, 0.1) is 10.6 Å². The summed E-state index contributed by atoms with van der Waals surface area (Å²) >= 11 is 1.19. The Morgan fingerprint density at radius 1 is 1.24 bits per heavy atom. The normalized spacial score (nSPS) is 17.1. The first-order valence-corrected chi connectivity index (χ1v) is 8.17. The van der Waals surface area contributed by atoms with Crippen molar-refractivity contribution in [2.24, 2.45) is 4.99 Å². The Kier molecular flexibility index (Phi) is 4.58. The summed E-state index contributed by atoms with van der Waals surface area (Å²) < 4.78 is 0. The number of nitrogens with zero attached hydrogens (tertiary/aromatic N) is 1. The lowest BCUT2D eigenvalue weighted by atomic mass is 10.1. The Hall–Kier alpha value is -3.06. The zero-order valence-corrected chi connectivity index (χ0v) is 14.0. The Morgan fingerprint density at radius 3 is 2.68 bits per heavy atom. The standard InChI is InChI=1S/C18H14N2O4S/c1-10-4-2-3-5-11(10)8-15-16(22)20-18(25-15)19-12-6-7-13(17(23)24)14(21)9-12/h2-9,21H,1H3,(H,23,24)(H,19,20,22)/b15-8-. The van der Waals surface area contributed by atoms with E-state index in [-0.39, 0.29) is 17.2 Å². The minimum atomic E-state index is -1.22. The van der Waals surface area contributed by atoms with Crippen molar-refractivity contribution in [1.82, 2.24) is 5.32 Å². The van der Waals surface area contributed by atoms with Gasteiger partial charge < -0.3 is 15.5 Å². The molecule has 2 aromatic rings. The van der Waals surface area contributed by atoms with Gasteiger partial charge >= 0.3 is 5.97 Å². The highest BCUT2D eigenvalue weighted by Gasteiger charge is 2.24. The number of carboxylic acids is 1. The molecule has 126 valence electrons. The minimum absolute atomic E-state index is 0.202. The summed E-state index contributed by atoms with van der Waals surface area (Å²) in [5.41, 5.74) is 2.16. The van der Waals surface area contributed by atoms with E-state index in [0.717, 1.165) is 11.1 Å². The number of aliphatic imine (C=N–C) groups is 1. The van der Waals surface area contributed by atoms with E-state index in [1.807, 2.05) is 31.2 Å². The van der Waals surface area contributed by atoms with Gasteiger partial charge in [-0.25, -0.2) is 9.79 Å². The van der Waals surface area contributed by atoms with Crippen LogP contribution in [0.3, 0.4) is 0 Å². The fraction of sp³-hybridized carbons (Fsp3) is 0.0556. The molecular formula is C18H14N2O4S. The number of aryl methyl sites for hydroxylation is 1. The van der Waals surface area contributed by atoms with Crippen LogP contribution in [0.2, 0.25) is 0 Å². The molecule has 0 atom stereocenters. The third kappa shape index (κ3) is 3.72. The van der Waals surface area contributed by atoms with Crippen molar-refractivity contribution in [3.05, 3.63) is 64.1 Å². The van der Waals surface area contributed by atoms with Crippen LogP contribution in [0, 0.1) is 6.92 Å². The third-order valence-electron chi connectivity index (χ3n) is 3.57. The van der Waals surface area contributed by atoms with Gasteiger partial charge in [0, 0.05) is 6.07 Å². The van der Waals surface area contributed by atoms with Gasteiger partial charge in [-0.05, 0) is 48.0 Å². The molecule has 1 saturated heterocycles. The smallest absolute Gasteiger partial charge is 0.339 e. The van der Waals surface area contributed by atoms with Crippen LogP contribution in [-0.4, -0.2) is 27.3 Å². The molecule has 1 fully saturated rings. The Labute approximate surface area is 147 Å². The van der Waals surface area contributed by atoms with Crippen LogP contribution in [0.5, 0.6) is 5.75 Å². The predicted octanol–water partition coefficient (Wildman–Crippen LogP) is 3.29. The molecule has 0 saturated carbocycles. The maximum atomic E-state index is 12.1. The molecule has 0 spiro atoms. The number of rotatable bonds is 3. The van der Waals surface area contributed by atoms with Gasteiger partial charge in [0.15, 0.2) is 5.17 Å². The average molecular weight is 354 g/mol. The molecule has 0 unspecified atom stereocenters. The quantitative estimate of drug-likeness (QED) is 0.735. The molecule has 6 nitrogen and oxygen atoms in total. The largest absolute Gasteiger partial charge is 0.507 e. The molecular weight excluding hydrogens is 340 g/mol. The maximum Gasteiger partial charge on any atom is 0.339 e. The summed E-state index contributed by atoms with van der Waals surface area (Å²) in [5, 5.41) is 21.6. The second-order valence-corrected chi connectivity index (χ2v) is 6.38. The van der Waals surface area contributed by atoms with Gasteiger partial charge in [-0.15, -0.1) is 0 Å². The van der Waals surface area contributed by atoms with Crippen molar-refractivity contribution in [3.8, 4) is 5.75 Å². The average Bonchev–Trinajstić information content (AvgIpc) is 2.89. The number of carboxylic acid groups (broad SMARTS) is 1. The number of hydrogen-bond acceptors (Lipinski definition) is 5. The number of amides is 1. The van der Waals surface area contributed by atoms with Crippen LogP contribution in [-0.2, 0) is 4.79 Å². The van der Waals surface area contributed by atoms with Crippen LogP contribution < -0.4 is 5.32 Å². The fourth-order valence-corrected chi connectivity index (χ4v) is 3.09. The molecule has 7 heteroatoms. The molecule has 25 heavy (non-hydrogen) atoms. The van der Waals surface area contributed by atoms with Gasteiger partial charge in [-0.3, -0.25) is 4.79 Å². The molecule has 3 N–H and O–H groups in total. The summed E-state index contributed by atoms with van der Waals surface area (Å²) in [6.45, 7) is 1.96. The summed E-state index contributed by atoms with van der Waals surface area (Å²) in [6.07, 6.45) is 1.79. The number of carbonyl (C=O) groups excluding carboxylic acids is 1. The van der Waals surface area contributed by atoms with Crippen molar-refractivity contribution in [2.45, 2.75) is 6.92 Å². The summed E-state index contributed by atoms with van der Waals surface area (Å²) in [6, 6.07) is 11.7. The SMILES string of the molecule is Cc1ccccc1/C=C1\SC(=Nc2ccc(C(=O)O)c(O)c2)NC1=O. The van der Waals surface area contributed by atoms with E-state index >= 15 is 0 Å². The zero-order chi connectivity index (χ0) is 18.0.